The van der Waals surface area contributed by atoms with Gasteiger partial charge in [-0.15, -0.1) is 0 Å². The fourth-order valence-corrected chi connectivity index (χ4v) is 0.289. The van der Waals surface area contributed by atoms with Gasteiger partial charge in [0.25, 0.3) is 0 Å². The van der Waals surface area contributed by atoms with Crippen LogP contribution in [0.4, 0.5) is 0 Å². The summed E-state index contributed by atoms with van der Waals surface area (Å²) < 4.78 is 0. The van der Waals surface area contributed by atoms with Crippen LogP contribution in [0.5, 0.6) is 0 Å². The van der Waals surface area contributed by atoms with Crippen LogP contribution in [0, 0.1) is 0 Å². The van der Waals surface area contributed by atoms with Crippen molar-refractivity contribution in [2.45, 2.75) is 32.8 Å². The van der Waals surface area contributed by atoms with Crippen molar-refractivity contribution in [1.82, 2.24) is 0 Å². The monoisotopic (exact) mass is 99.1 g/mol. The van der Waals surface area contributed by atoms with Crippen molar-refractivity contribution in [2.75, 3.05) is 0 Å². The van der Waals surface area contributed by atoms with Crippen LogP contribution in [0.15, 0.2) is 0 Å². The molecule has 1 N–H and O–H groups in total. The van der Waals surface area contributed by atoms with Crippen LogP contribution in [0.1, 0.15) is 26.7 Å². The summed E-state index contributed by atoms with van der Waals surface area (Å²) in [5, 5.41) is 8.67. The number of aliphatic hydroxyl groups excluding tert-OH is 1. The summed E-state index contributed by atoms with van der Waals surface area (Å²) >= 11 is 0. The van der Waals surface area contributed by atoms with Gasteiger partial charge in [-0.1, -0.05) is 13.8 Å². The molecule has 0 fully saturated rings. The summed E-state index contributed by atoms with van der Waals surface area (Å²) in [5.41, 5.74) is 0. The van der Waals surface area contributed by atoms with Gasteiger partial charge in [0.2, 0.25) is 0 Å². The van der Waals surface area contributed by atoms with E-state index < -0.39 is 0 Å². The Bertz CT molecular complexity index is 27.3. The summed E-state index contributed by atoms with van der Waals surface area (Å²) in [6.07, 6.45) is 1.71. The highest BCUT2D eigenvalue weighted by molar-refractivity contribution is 5.75. The minimum atomic E-state index is -0.0648. The first-order valence-electron chi connectivity index (χ1n) is 2.49. The molecule has 7 heavy (non-hydrogen) atoms. The average molecular weight is 99.0 g/mol. The second kappa shape index (κ2) is 6.02. The molecule has 0 saturated heterocycles. The highest BCUT2D eigenvalue weighted by Crippen LogP contribution is 1.91. The molecule has 0 amide bonds. The van der Waals surface area contributed by atoms with Crippen LogP contribution in [-0.4, -0.2) is 19.6 Å². The van der Waals surface area contributed by atoms with Crippen molar-refractivity contribution >= 4 is 8.41 Å². The Kier molecular flexibility index (Phi) is 8.69. The van der Waals surface area contributed by atoms with Crippen LogP contribution in [-0.2, 0) is 0 Å². The molecule has 0 unspecified atom stereocenters. The third-order valence-corrected chi connectivity index (χ3v) is 0.942. The molecule has 0 aliphatic carbocycles. The largest absolute Gasteiger partial charge is 0.393 e. The van der Waals surface area contributed by atoms with E-state index >= 15 is 0 Å². The maximum Gasteiger partial charge on any atom is 0.0535 e. The summed E-state index contributed by atoms with van der Waals surface area (Å²) in [7, 11) is 0. The Hall–Kier alpha value is 0.0249. The lowest BCUT2D eigenvalue weighted by Crippen LogP contribution is -1.99. The minimum absolute atomic E-state index is 0. The van der Waals surface area contributed by atoms with Gasteiger partial charge in [-0.05, 0) is 12.8 Å². The maximum atomic E-state index is 8.67. The van der Waals surface area contributed by atoms with E-state index in [0.29, 0.717) is 0 Å². The van der Waals surface area contributed by atoms with E-state index in [1.165, 1.54) is 0 Å². The smallest absolute Gasteiger partial charge is 0.0535 e. The molecule has 0 aliphatic heterocycles. The maximum absolute atomic E-state index is 8.67. The van der Waals surface area contributed by atoms with E-state index in [-0.39, 0.29) is 14.5 Å². The van der Waals surface area contributed by atoms with Gasteiger partial charge in [0.05, 0.1) is 6.10 Å². The fourth-order valence-electron chi connectivity index (χ4n) is 0.289. The molecule has 0 spiro atoms. The van der Waals surface area contributed by atoms with E-state index in [9.17, 15) is 0 Å². The van der Waals surface area contributed by atoms with Crippen molar-refractivity contribution in [1.29, 1.82) is 0 Å². The van der Waals surface area contributed by atoms with Gasteiger partial charge in [-0.3, -0.25) is 0 Å². The third-order valence-electron chi connectivity index (χ3n) is 0.942. The highest BCUT2D eigenvalue weighted by atomic mass is 16.3. The van der Waals surface area contributed by atoms with E-state index in [0.717, 1.165) is 12.8 Å². The average Bonchev–Trinajstić information content (AvgIpc) is 1.65. The van der Waals surface area contributed by atoms with E-state index in [1.807, 2.05) is 13.8 Å². The SMILES string of the molecule is CCC(O)CC.[B]. The van der Waals surface area contributed by atoms with Gasteiger partial charge in [-0.2, -0.15) is 0 Å². The normalized spacial score (nSPS) is 8.57. The molecule has 3 radical (unpaired) electrons. The topological polar surface area (TPSA) is 20.2 Å². The molecule has 0 aliphatic rings. The Balaban J connectivity index is 0. The highest BCUT2D eigenvalue weighted by Gasteiger charge is 1.90. The minimum Gasteiger partial charge on any atom is -0.393 e. The quantitative estimate of drug-likeness (QED) is 0.507. The number of aliphatic hydroxyl groups is 1. The molecule has 0 rings (SSSR count). The second-order valence-corrected chi connectivity index (χ2v) is 1.47. The molecule has 1 nitrogen and oxygen atoms in total. The van der Waals surface area contributed by atoms with Gasteiger partial charge in [-0.25, -0.2) is 0 Å². The fraction of sp³-hybridized carbons (Fsp3) is 1.00. The van der Waals surface area contributed by atoms with Gasteiger partial charge in [0.1, 0.15) is 0 Å². The van der Waals surface area contributed by atoms with Gasteiger partial charge < -0.3 is 5.11 Å². The van der Waals surface area contributed by atoms with Crippen molar-refractivity contribution in [2.24, 2.45) is 0 Å². The van der Waals surface area contributed by atoms with Crippen LogP contribution < -0.4 is 0 Å². The molecular formula is C5H12BO. The lowest BCUT2D eigenvalue weighted by Gasteiger charge is -1.98. The van der Waals surface area contributed by atoms with E-state index in [2.05, 4.69) is 0 Å². The first-order valence-corrected chi connectivity index (χ1v) is 2.49. The zero-order valence-corrected chi connectivity index (χ0v) is 5.02. The van der Waals surface area contributed by atoms with E-state index in [1.54, 1.807) is 0 Å². The standard InChI is InChI=1S/C5H12O.B/c1-3-5(6)4-2;/h5-6H,3-4H2,1-2H3;. The predicted octanol–water partition coefficient (Wildman–Crippen LogP) is 0.786. The molecule has 0 atom stereocenters. The Morgan fingerprint density at radius 2 is 1.57 bits per heavy atom. The summed E-state index contributed by atoms with van der Waals surface area (Å²) in [4.78, 5) is 0. The van der Waals surface area contributed by atoms with Crippen molar-refractivity contribution < 1.29 is 5.11 Å². The molecule has 0 aromatic carbocycles. The van der Waals surface area contributed by atoms with Gasteiger partial charge in [0.15, 0.2) is 0 Å². The lowest BCUT2D eigenvalue weighted by molar-refractivity contribution is 0.166. The molecule has 2 heteroatoms. The zero-order valence-electron chi connectivity index (χ0n) is 5.02. The van der Waals surface area contributed by atoms with Gasteiger partial charge >= 0.3 is 0 Å². The number of rotatable bonds is 2. The summed E-state index contributed by atoms with van der Waals surface area (Å²) in [6, 6.07) is 0. The van der Waals surface area contributed by atoms with Crippen LogP contribution in [0.25, 0.3) is 0 Å². The Morgan fingerprint density at radius 1 is 1.29 bits per heavy atom. The zero-order chi connectivity index (χ0) is 4.99. The van der Waals surface area contributed by atoms with Gasteiger partial charge in [0, 0.05) is 8.41 Å². The number of hydrogen-bond acceptors (Lipinski definition) is 1. The molecule has 0 heterocycles. The molecule has 0 bridgehead atoms. The van der Waals surface area contributed by atoms with E-state index in [4.69, 9.17) is 5.11 Å². The second-order valence-electron chi connectivity index (χ2n) is 1.47. The molecule has 41 valence electrons. The van der Waals surface area contributed by atoms with Crippen LogP contribution >= 0.6 is 0 Å². The summed E-state index contributed by atoms with van der Waals surface area (Å²) in [5.74, 6) is 0. The molecular weight excluding hydrogens is 86.9 g/mol. The first kappa shape index (κ1) is 10.1. The van der Waals surface area contributed by atoms with Crippen molar-refractivity contribution in [3.63, 3.8) is 0 Å². The third kappa shape index (κ3) is 6.02. The predicted molar refractivity (Wildman–Crippen MR) is 32.3 cm³/mol. The molecule has 0 aromatic heterocycles. The van der Waals surface area contributed by atoms with Crippen molar-refractivity contribution in [3.05, 3.63) is 0 Å². The van der Waals surface area contributed by atoms with Crippen LogP contribution in [0.2, 0.25) is 0 Å². The Morgan fingerprint density at radius 3 is 1.57 bits per heavy atom. The summed E-state index contributed by atoms with van der Waals surface area (Å²) in [6.45, 7) is 3.96. The first-order chi connectivity index (χ1) is 2.81. The molecule has 0 aromatic rings. The van der Waals surface area contributed by atoms with Crippen molar-refractivity contribution in [3.8, 4) is 0 Å². The lowest BCUT2D eigenvalue weighted by atomic mass is 10.2. The number of hydrogen-bond donors (Lipinski definition) is 1. The van der Waals surface area contributed by atoms with Crippen LogP contribution in [0.3, 0.4) is 0 Å². The molecule has 0 saturated carbocycles. The Labute approximate surface area is 47.3 Å².